The van der Waals surface area contributed by atoms with E-state index in [1.54, 1.807) is 0 Å². The van der Waals surface area contributed by atoms with Crippen molar-refractivity contribution in [3.05, 3.63) is 82.2 Å². The monoisotopic (exact) mass is 732 g/mol. The van der Waals surface area contributed by atoms with Crippen molar-refractivity contribution in [1.29, 1.82) is 0 Å². The number of carbonyl (C=O) groups is 1. The normalized spacial score (nSPS) is 12.0. The van der Waals surface area contributed by atoms with Crippen LogP contribution in [0.25, 0.3) is 0 Å². The number of anilines is 1. The van der Waals surface area contributed by atoms with Gasteiger partial charge in [-0.1, -0.05) is 12.5 Å². The van der Waals surface area contributed by atoms with E-state index in [4.69, 9.17) is 9.47 Å². The zero-order chi connectivity index (χ0) is 36.2. The number of carboxylic acid groups (broad SMARTS) is 1. The summed E-state index contributed by atoms with van der Waals surface area (Å²) in [6.45, 7) is 0.111. The maximum Gasteiger partial charge on any atom is 1.00 e. The molecule has 0 atom stereocenters. The number of nitrogens with zero attached hydrogens (tertiary/aromatic N) is 3. The van der Waals surface area contributed by atoms with Crippen LogP contribution in [0.4, 0.5) is 45.5 Å². The maximum atomic E-state index is 13.8. The largest absolute Gasteiger partial charge is 1.00 e. The molecule has 18 heteroatoms. The number of nitrogens with one attached hydrogen (secondary N) is 1. The van der Waals surface area contributed by atoms with E-state index < -0.39 is 59.8 Å². The third-order valence-electron chi connectivity index (χ3n) is 7.17. The number of ether oxygens (including phenoxy) is 2. The SMILES string of the molecule is COCCOc1cnc(N(Cc2cc(C(F)(F)F)cc(C(F)(F)F)c2)Cc2cc(C(F)(F)F)ccc2CCNCCCCCC(=O)[O-])nc1.[Na+]. The minimum atomic E-state index is -5.12. The summed E-state index contributed by atoms with van der Waals surface area (Å²) in [5, 5.41) is 13.7. The zero-order valence-corrected chi connectivity index (χ0v) is 29.3. The van der Waals surface area contributed by atoms with Crippen molar-refractivity contribution in [2.24, 2.45) is 0 Å². The van der Waals surface area contributed by atoms with Crippen LogP contribution in [-0.4, -0.2) is 49.4 Å². The average Bonchev–Trinajstić information content (AvgIpc) is 3.01. The number of halogens is 9. The smallest absolute Gasteiger partial charge is 0.550 e. The summed E-state index contributed by atoms with van der Waals surface area (Å²) < 4.78 is 133. The number of alkyl halides is 9. The second-order valence-corrected chi connectivity index (χ2v) is 11.0. The first-order valence-corrected chi connectivity index (χ1v) is 15.0. The van der Waals surface area contributed by atoms with E-state index in [0.29, 0.717) is 50.0 Å². The molecule has 8 nitrogen and oxygen atoms in total. The van der Waals surface area contributed by atoms with E-state index >= 15 is 0 Å². The Morgan fingerprint density at radius 2 is 1.40 bits per heavy atom. The molecule has 2 aromatic carbocycles. The first-order chi connectivity index (χ1) is 23.0. The van der Waals surface area contributed by atoms with Crippen molar-refractivity contribution in [1.82, 2.24) is 15.3 Å². The minimum absolute atomic E-state index is 0. The fourth-order valence-corrected chi connectivity index (χ4v) is 4.76. The predicted octanol–water partition coefficient (Wildman–Crippen LogP) is 3.21. The Morgan fingerprint density at radius 3 is 1.96 bits per heavy atom. The van der Waals surface area contributed by atoms with Gasteiger partial charge in [-0.2, -0.15) is 39.5 Å². The van der Waals surface area contributed by atoms with Crippen molar-refractivity contribution in [2.45, 2.75) is 63.7 Å². The number of aliphatic carboxylic acids is 1. The molecule has 0 aliphatic rings. The van der Waals surface area contributed by atoms with E-state index in [1.807, 2.05) is 0 Å². The second-order valence-electron chi connectivity index (χ2n) is 11.0. The Hall–Kier alpha value is -3.12. The van der Waals surface area contributed by atoms with Crippen LogP contribution in [0.15, 0.2) is 48.8 Å². The predicted molar refractivity (Wildman–Crippen MR) is 157 cm³/mol. The molecular formula is C32H34F9N4NaO4. The van der Waals surface area contributed by atoms with Crippen LogP contribution in [0, 0.1) is 0 Å². The van der Waals surface area contributed by atoms with E-state index in [1.165, 1.54) is 30.5 Å². The third kappa shape index (κ3) is 14.2. The maximum absolute atomic E-state index is 13.8. The van der Waals surface area contributed by atoms with Gasteiger partial charge in [0.2, 0.25) is 5.95 Å². The fourth-order valence-electron chi connectivity index (χ4n) is 4.76. The first-order valence-electron chi connectivity index (χ1n) is 15.0. The average molecular weight is 733 g/mol. The number of rotatable bonds is 18. The van der Waals surface area contributed by atoms with Crippen LogP contribution in [0.2, 0.25) is 0 Å². The molecule has 0 spiro atoms. The number of carboxylic acids is 1. The molecule has 0 aliphatic carbocycles. The van der Waals surface area contributed by atoms with Crippen LogP contribution in [-0.2, 0) is 47.6 Å². The van der Waals surface area contributed by atoms with Gasteiger partial charge in [0.25, 0.3) is 0 Å². The van der Waals surface area contributed by atoms with Crippen LogP contribution in [0.5, 0.6) is 5.75 Å². The summed E-state index contributed by atoms with van der Waals surface area (Å²) in [4.78, 5) is 20.0. The molecule has 0 saturated carbocycles. The van der Waals surface area contributed by atoms with Gasteiger partial charge < -0.3 is 29.6 Å². The summed E-state index contributed by atoms with van der Waals surface area (Å²) in [5.41, 5.74) is -4.01. The molecule has 270 valence electrons. The molecule has 0 bridgehead atoms. The Balaban J connectivity index is 0.00000867. The number of aromatic nitrogens is 2. The quantitative estimate of drug-likeness (QED) is 0.121. The molecule has 0 fully saturated rings. The Morgan fingerprint density at radius 1 is 0.780 bits per heavy atom. The second kappa shape index (κ2) is 19.5. The van der Waals surface area contributed by atoms with Gasteiger partial charge >= 0.3 is 48.1 Å². The van der Waals surface area contributed by atoms with Crippen LogP contribution < -0.4 is 49.6 Å². The molecule has 1 aromatic heterocycles. The van der Waals surface area contributed by atoms with Crippen LogP contribution in [0.3, 0.4) is 0 Å². The summed E-state index contributed by atoms with van der Waals surface area (Å²) in [6.07, 6.45) is -10.7. The molecule has 0 amide bonds. The number of unbranched alkanes of at least 4 members (excludes halogenated alkanes) is 2. The number of hydrogen-bond acceptors (Lipinski definition) is 8. The van der Waals surface area contributed by atoms with Crippen LogP contribution >= 0.6 is 0 Å². The van der Waals surface area contributed by atoms with Crippen molar-refractivity contribution < 1.29 is 88.4 Å². The van der Waals surface area contributed by atoms with E-state index in [2.05, 4.69) is 15.3 Å². The number of benzene rings is 2. The molecular weight excluding hydrogens is 698 g/mol. The Bertz CT molecular complexity index is 1470. The van der Waals surface area contributed by atoms with Gasteiger partial charge in [-0.05, 0) is 85.8 Å². The number of methoxy groups -OCH3 is 1. The van der Waals surface area contributed by atoms with Gasteiger partial charge in [0, 0.05) is 26.2 Å². The van der Waals surface area contributed by atoms with Crippen molar-refractivity contribution >= 4 is 11.9 Å². The zero-order valence-electron chi connectivity index (χ0n) is 27.3. The summed E-state index contributed by atoms with van der Waals surface area (Å²) in [5.74, 6) is -1.17. The van der Waals surface area contributed by atoms with E-state index in [9.17, 15) is 49.4 Å². The van der Waals surface area contributed by atoms with Gasteiger partial charge in [-0.3, -0.25) is 0 Å². The topological polar surface area (TPSA) is 99.6 Å². The van der Waals surface area contributed by atoms with Crippen LogP contribution in [0.1, 0.15) is 59.1 Å². The summed E-state index contributed by atoms with van der Waals surface area (Å²) in [7, 11) is 1.44. The van der Waals surface area contributed by atoms with Crippen molar-refractivity contribution in [3.8, 4) is 5.75 Å². The third-order valence-corrected chi connectivity index (χ3v) is 7.17. The molecule has 1 heterocycles. The van der Waals surface area contributed by atoms with Gasteiger partial charge in [-0.15, -0.1) is 0 Å². The molecule has 3 aromatic rings. The number of carbonyl (C=O) groups excluding carboxylic acids is 1. The minimum Gasteiger partial charge on any atom is -0.550 e. The molecule has 0 unspecified atom stereocenters. The van der Waals surface area contributed by atoms with E-state index in [-0.39, 0.29) is 78.9 Å². The summed E-state index contributed by atoms with van der Waals surface area (Å²) >= 11 is 0. The van der Waals surface area contributed by atoms with E-state index in [0.717, 1.165) is 12.1 Å². The molecule has 3 rings (SSSR count). The van der Waals surface area contributed by atoms with Gasteiger partial charge in [0.1, 0.15) is 6.61 Å². The first kappa shape index (κ1) is 43.0. The Labute approximate surface area is 304 Å². The fraction of sp³-hybridized carbons (Fsp3) is 0.469. The summed E-state index contributed by atoms with van der Waals surface area (Å²) in [6, 6.07) is 4.07. The Kier molecular flexibility index (Phi) is 16.8. The number of hydrogen-bond donors (Lipinski definition) is 1. The molecule has 0 radical (unpaired) electrons. The van der Waals surface area contributed by atoms with Crippen molar-refractivity contribution in [3.63, 3.8) is 0 Å². The standard InChI is InChI=1S/C32H35F9N4O4.Na/c1-48-11-12-49-27-17-43-29(44-18-27)45(19-21-13-25(31(36,37)38)16-26(14-21)32(39,40)41)20-23-15-24(30(33,34)35)7-6-22(23)8-10-42-9-4-2-3-5-28(46)47;/h6-7,13-18,42H,2-5,8-12,19-20H2,1H3,(H,46,47);/q;+1/p-1. The molecule has 0 aliphatic heterocycles. The van der Waals surface area contributed by atoms with Gasteiger partial charge in [-0.25, -0.2) is 9.97 Å². The molecule has 1 N–H and O–H groups in total. The van der Waals surface area contributed by atoms with Crippen molar-refractivity contribution in [2.75, 3.05) is 38.3 Å². The van der Waals surface area contributed by atoms with Gasteiger partial charge in [0.05, 0.1) is 35.7 Å². The van der Waals surface area contributed by atoms with Gasteiger partial charge in [0.15, 0.2) is 5.75 Å². The molecule has 0 saturated heterocycles. The molecule has 50 heavy (non-hydrogen) atoms.